The summed E-state index contributed by atoms with van der Waals surface area (Å²) in [6.45, 7) is 4.16. The minimum atomic E-state index is 0.483. The molecule has 0 fully saturated rings. The lowest BCUT2D eigenvalue weighted by Gasteiger charge is -2.10. The highest BCUT2D eigenvalue weighted by atomic mass is 32.1. The number of rotatable bonds is 6. The van der Waals surface area contributed by atoms with Gasteiger partial charge in [-0.05, 0) is 30.7 Å². The first-order valence-corrected chi connectivity index (χ1v) is 7.08. The number of hydrogen-bond acceptors (Lipinski definition) is 4. The summed E-state index contributed by atoms with van der Waals surface area (Å²) in [5, 5.41) is 6.70. The standard InChI is InChI=1S/C14H19N3S/c1-11(14-17-8-9-18-14)10-16-7-6-12-2-4-13(15)5-3-12/h2-5,8-9,11,16H,6-7,10,15H2,1H3. The molecule has 1 unspecified atom stereocenters. The second-order valence-corrected chi connectivity index (χ2v) is 5.39. The summed E-state index contributed by atoms with van der Waals surface area (Å²) in [5.74, 6) is 0.483. The van der Waals surface area contributed by atoms with Crippen LogP contribution >= 0.6 is 11.3 Å². The molecule has 0 bridgehead atoms. The Morgan fingerprint density at radius 3 is 2.78 bits per heavy atom. The Bertz CT molecular complexity index is 450. The Balaban J connectivity index is 1.68. The molecule has 2 aromatic rings. The van der Waals surface area contributed by atoms with Crippen LogP contribution in [0, 0.1) is 0 Å². The molecule has 96 valence electrons. The topological polar surface area (TPSA) is 50.9 Å². The fourth-order valence-corrected chi connectivity index (χ4v) is 2.50. The summed E-state index contributed by atoms with van der Waals surface area (Å²) in [7, 11) is 0. The largest absolute Gasteiger partial charge is 0.399 e. The second-order valence-electron chi connectivity index (χ2n) is 4.47. The third kappa shape index (κ3) is 3.82. The summed E-state index contributed by atoms with van der Waals surface area (Å²) in [5.41, 5.74) is 7.80. The van der Waals surface area contributed by atoms with Crippen LogP contribution in [0.1, 0.15) is 23.4 Å². The highest BCUT2D eigenvalue weighted by Gasteiger charge is 2.06. The predicted octanol–water partition coefficient (Wildman–Crippen LogP) is 2.66. The molecule has 3 nitrogen and oxygen atoms in total. The summed E-state index contributed by atoms with van der Waals surface area (Å²) in [6.07, 6.45) is 2.90. The van der Waals surface area contributed by atoms with E-state index in [4.69, 9.17) is 5.73 Å². The van der Waals surface area contributed by atoms with Crippen LogP contribution < -0.4 is 11.1 Å². The van der Waals surface area contributed by atoms with Gasteiger partial charge in [0.15, 0.2) is 0 Å². The van der Waals surface area contributed by atoms with Crippen LogP contribution in [-0.4, -0.2) is 18.1 Å². The van der Waals surface area contributed by atoms with E-state index in [1.165, 1.54) is 10.6 Å². The third-order valence-corrected chi connectivity index (χ3v) is 3.90. The van der Waals surface area contributed by atoms with Crippen molar-refractivity contribution in [3.05, 3.63) is 46.4 Å². The van der Waals surface area contributed by atoms with E-state index in [1.54, 1.807) is 11.3 Å². The van der Waals surface area contributed by atoms with E-state index < -0.39 is 0 Å². The molecule has 0 saturated carbocycles. The average Bonchev–Trinajstić information content (AvgIpc) is 2.90. The summed E-state index contributed by atoms with van der Waals surface area (Å²) < 4.78 is 0. The van der Waals surface area contributed by atoms with Gasteiger partial charge < -0.3 is 11.1 Å². The molecule has 0 spiro atoms. The van der Waals surface area contributed by atoms with Gasteiger partial charge in [0.1, 0.15) is 0 Å². The molecular formula is C14H19N3S. The highest BCUT2D eigenvalue weighted by molar-refractivity contribution is 7.09. The zero-order chi connectivity index (χ0) is 12.8. The molecule has 3 N–H and O–H groups in total. The number of aromatic nitrogens is 1. The zero-order valence-electron chi connectivity index (χ0n) is 10.6. The maximum Gasteiger partial charge on any atom is 0.0965 e. The monoisotopic (exact) mass is 261 g/mol. The van der Waals surface area contributed by atoms with Gasteiger partial charge in [-0.25, -0.2) is 4.98 Å². The molecule has 0 saturated heterocycles. The van der Waals surface area contributed by atoms with Gasteiger partial charge >= 0.3 is 0 Å². The Hall–Kier alpha value is -1.39. The lowest BCUT2D eigenvalue weighted by Crippen LogP contribution is -2.22. The molecule has 0 radical (unpaired) electrons. The van der Waals surface area contributed by atoms with Crippen LogP contribution in [0.15, 0.2) is 35.8 Å². The van der Waals surface area contributed by atoms with Gasteiger partial charge in [-0.1, -0.05) is 19.1 Å². The lowest BCUT2D eigenvalue weighted by atomic mass is 10.1. The smallest absolute Gasteiger partial charge is 0.0965 e. The molecule has 18 heavy (non-hydrogen) atoms. The number of anilines is 1. The van der Waals surface area contributed by atoms with Gasteiger partial charge in [0, 0.05) is 29.7 Å². The SMILES string of the molecule is CC(CNCCc1ccc(N)cc1)c1nccs1. The molecule has 0 amide bonds. The van der Waals surface area contributed by atoms with Crippen molar-refractivity contribution >= 4 is 17.0 Å². The number of nitrogen functional groups attached to an aromatic ring is 1. The Morgan fingerprint density at radius 1 is 1.33 bits per heavy atom. The minimum absolute atomic E-state index is 0.483. The molecule has 2 rings (SSSR count). The van der Waals surface area contributed by atoms with Crippen LogP contribution in [0.25, 0.3) is 0 Å². The number of nitrogens with two attached hydrogens (primary N) is 1. The Kier molecular flexibility index (Phi) is 4.73. The molecule has 1 aromatic heterocycles. The quantitative estimate of drug-likeness (QED) is 0.621. The van der Waals surface area contributed by atoms with Crippen molar-refractivity contribution in [3.8, 4) is 0 Å². The normalized spacial score (nSPS) is 12.5. The van der Waals surface area contributed by atoms with Gasteiger partial charge in [0.2, 0.25) is 0 Å². The van der Waals surface area contributed by atoms with Crippen LogP contribution in [0.5, 0.6) is 0 Å². The van der Waals surface area contributed by atoms with Gasteiger partial charge in [-0.3, -0.25) is 0 Å². The van der Waals surface area contributed by atoms with E-state index in [0.717, 1.165) is 25.2 Å². The van der Waals surface area contributed by atoms with Crippen LogP contribution in [0.4, 0.5) is 5.69 Å². The first-order valence-electron chi connectivity index (χ1n) is 6.20. The third-order valence-electron chi connectivity index (χ3n) is 2.89. The van der Waals surface area contributed by atoms with E-state index in [9.17, 15) is 0 Å². The maximum absolute atomic E-state index is 5.65. The number of thiazole rings is 1. The number of hydrogen-bond donors (Lipinski definition) is 2. The summed E-state index contributed by atoms with van der Waals surface area (Å²) in [6, 6.07) is 8.07. The van der Waals surface area contributed by atoms with E-state index in [1.807, 2.05) is 23.7 Å². The van der Waals surface area contributed by atoms with Gasteiger partial charge in [0.05, 0.1) is 5.01 Å². The van der Waals surface area contributed by atoms with Crippen LogP contribution in [-0.2, 0) is 6.42 Å². The van der Waals surface area contributed by atoms with E-state index >= 15 is 0 Å². The zero-order valence-corrected chi connectivity index (χ0v) is 11.4. The van der Waals surface area contributed by atoms with Crippen LogP contribution in [0.2, 0.25) is 0 Å². The van der Waals surface area contributed by atoms with E-state index in [2.05, 4.69) is 29.4 Å². The molecule has 0 aliphatic rings. The molecule has 1 heterocycles. The van der Waals surface area contributed by atoms with Crippen molar-refractivity contribution in [2.75, 3.05) is 18.8 Å². The Morgan fingerprint density at radius 2 is 2.11 bits per heavy atom. The van der Waals surface area contributed by atoms with Crippen molar-refractivity contribution in [1.29, 1.82) is 0 Å². The molecular weight excluding hydrogens is 242 g/mol. The van der Waals surface area contributed by atoms with Crippen molar-refractivity contribution in [1.82, 2.24) is 10.3 Å². The van der Waals surface area contributed by atoms with Crippen molar-refractivity contribution in [3.63, 3.8) is 0 Å². The fourth-order valence-electron chi connectivity index (χ4n) is 1.80. The first-order chi connectivity index (χ1) is 8.75. The van der Waals surface area contributed by atoms with Gasteiger partial charge in [0.25, 0.3) is 0 Å². The predicted molar refractivity (Wildman–Crippen MR) is 78.0 cm³/mol. The molecule has 1 aromatic carbocycles. The molecule has 0 aliphatic heterocycles. The van der Waals surface area contributed by atoms with E-state index in [-0.39, 0.29) is 0 Å². The lowest BCUT2D eigenvalue weighted by molar-refractivity contribution is 0.613. The van der Waals surface area contributed by atoms with Crippen molar-refractivity contribution in [2.45, 2.75) is 19.3 Å². The summed E-state index contributed by atoms with van der Waals surface area (Å²) >= 11 is 1.72. The van der Waals surface area contributed by atoms with Crippen molar-refractivity contribution in [2.24, 2.45) is 0 Å². The molecule has 0 aliphatic carbocycles. The summed E-state index contributed by atoms with van der Waals surface area (Å²) in [4.78, 5) is 4.33. The fraction of sp³-hybridized carbons (Fsp3) is 0.357. The van der Waals surface area contributed by atoms with Crippen LogP contribution in [0.3, 0.4) is 0 Å². The van der Waals surface area contributed by atoms with Gasteiger partial charge in [-0.15, -0.1) is 11.3 Å². The molecule has 4 heteroatoms. The van der Waals surface area contributed by atoms with E-state index in [0.29, 0.717) is 5.92 Å². The maximum atomic E-state index is 5.65. The first kappa shape index (κ1) is 13.1. The average molecular weight is 261 g/mol. The minimum Gasteiger partial charge on any atom is -0.399 e. The molecule has 1 atom stereocenters. The highest BCUT2D eigenvalue weighted by Crippen LogP contribution is 2.16. The van der Waals surface area contributed by atoms with Crippen molar-refractivity contribution < 1.29 is 0 Å². The Labute approximate surface area is 112 Å². The second kappa shape index (κ2) is 6.52. The van der Waals surface area contributed by atoms with Gasteiger partial charge in [-0.2, -0.15) is 0 Å². The number of nitrogens with zero attached hydrogens (tertiary/aromatic N) is 1. The number of nitrogens with one attached hydrogen (secondary N) is 1. The number of benzene rings is 1.